The van der Waals surface area contributed by atoms with E-state index < -0.39 is 0 Å². The minimum Gasteiger partial charge on any atom is -0.380 e. The minimum atomic E-state index is -0.110. The Morgan fingerprint density at radius 2 is 1.23 bits per heavy atom. The van der Waals surface area contributed by atoms with Gasteiger partial charge >= 0.3 is 0 Å². The number of hydrogen-bond acceptors (Lipinski definition) is 5. The minimum absolute atomic E-state index is 0.110. The van der Waals surface area contributed by atoms with Gasteiger partial charge < -0.3 is 20.1 Å². The molecular weight excluding hydrogens is 286 g/mol. The Bertz CT molecular complexity index is 273. The molecule has 0 rings (SSSR count). The SMILES string of the molecule is CCCOCCNC(=O)CN(C)CC(=O)NCCOCCC. The number of nitrogens with zero attached hydrogens (tertiary/aromatic N) is 1. The summed E-state index contributed by atoms with van der Waals surface area (Å²) in [5.41, 5.74) is 0. The highest BCUT2D eigenvalue weighted by Crippen LogP contribution is 1.84. The third-order valence-corrected chi connectivity index (χ3v) is 2.66. The van der Waals surface area contributed by atoms with Gasteiger partial charge in [0, 0.05) is 26.3 Å². The van der Waals surface area contributed by atoms with E-state index in [1.54, 1.807) is 11.9 Å². The molecule has 0 aromatic carbocycles. The lowest BCUT2D eigenvalue weighted by atomic mass is 10.4. The fourth-order valence-corrected chi connectivity index (χ4v) is 1.68. The summed E-state index contributed by atoms with van der Waals surface area (Å²) < 4.78 is 10.5. The smallest absolute Gasteiger partial charge is 0.234 e. The van der Waals surface area contributed by atoms with Gasteiger partial charge in [-0.3, -0.25) is 14.5 Å². The van der Waals surface area contributed by atoms with Crippen molar-refractivity contribution in [1.29, 1.82) is 0 Å². The van der Waals surface area contributed by atoms with E-state index in [4.69, 9.17) is 9.47 Å². The molecule has 0 aromatic rings. The summed E-state index contributed by atoms with van der Waals surface area (Å²) in [7, 11) is 1.74. The Labute approximate surface area is 133 Å². The number of ether oxygens (including phenoxy) is 2. The van der Waals surface area contributed by atoms with E-state index in [0.717, 1.165) is 12.8 Å². The molecule has 0 spiro atoms. The number of hydrogen-bond donors (Lipinski definition) is 2. The van der Waals surface area contributed by atoms with Crippen LogP contribution in [0.15, 0.2) is 0 Å². The van der Waals surface area contributed by atoms with Gasteiger partial charge in [0.2, 0.25) is 11.8 Å². The third kappa shape index (κ3) is 13.8. The molecule has 0 fully saturated rings. The molecule has 130 valence electrons. The Kier molecular flexibility index (Phi) is 14.0. The molecular formula is C15H31N3O4. The number of carbonyl (C=O) groups excluding carboxylic acids is 2. The van der Waals surface area contributed by atoms with Crippen LogP contribution >= 0.6 is 0 Å². The first-order valence-corrected chi connectivity index (χ1v) is 7.97. The molecule has 0 radical (unpaired) electrons. The average molecular weight is 317 g/mol. The van der Waals surface area contributed by atoms with Crippen molar-refractivity contribution in [1.82, 2.24) is 15.5 Å². The van der Waals surface area contributed by atoms with E-state index >= 15 is 0 Å². The van der Waals surface area contributed by atoms with Gasteiger partial charge in [0.1, 0.15) is 0 Å². The molecule has 0 aromatic heterocycles. The van der Waals surface area contributed by atoms with E-state index in [2.05, 4.69) is 10.6 Å². The number of amides is 2. The van der Waals surface area contributed by atoms with Crippen molar-refractivity contribution in [3.05, 3.63) is 0 Å². The Morgan fingerprint density at radius 3 is 1.59 bits per heavy atom. The van der Waals surface area contributed by atoms with E-state index in [1.165, 1.54) is 0 Å². The number of carbonyl (C=O) groups is 2. The molecule has 0 aliphatic heterocycles. The molecule has 2 amide bonds. The van der Waals surface area contributed by atoms with Crippen LogP contribution in [0, 0.1) is 0 Å². The molecule has 0 unspecified atom stereocenters. The topological polar surface area (TPSA) is 79.9 Å². The first-order chi connectivity index (χ1) is 10.6. The maximum Gasteiger partial charge on any atom is 0.234 e. The second-order valence-electron chi connectivity index (χ2n) is 5.10. The summed E-state index contributed by atoms with van der Waals surface area (Å²) in [6.07, 6.45) is 1.94. The first kappa shape index (κ1) is 20.8. The van der Waals surface area contributed by atoms with E-state index in [1.807, 2.05) is 13.8 Å². The fourth-order valence-electron chi connectivity index (χ4n) is 1.68. The Balaban J connectivity index is 3.58. The lowest BCUT2D eigenvalue weighted by molar-refractivity contribution is -0.124. The van der Waals surface area contributed by atoms with E-state index in [0.29, 0.717) is 39.5 Å². The van der Waals surface area contributed by atoms with Gasteiger partial charge in [-0.25, -0.2) is 0 Å². The molecule has 0 bridgehead atoms. The van der Waals surface area contributed by atoms with Crippen molar-refractivity contribution in [2.24, 2.45) is 0 Å². The zero-order valence-electron chi connectivity index (χ0n) is 14.2. The van der Waals surface area contributed by atoms with E-state index in [-0.39, 0.29) is 24.9 Å². The summed E-state index contributed by atoms with van der Waals surface area (Å²) in [5.74, 6) is -0.219. The van der Waals surface area contributed by atoms with Gasteiger partial charge in [-0.15, -0.1) is 0 Å². The summed E-state index contributed by atoms with van der Waals surface area (Å²) in [5, 5.41) is 5.51. The van der Waals surface area contributed by atoms with Crippen molar-refractivity contribution in [3.8, 4) is 0 Å². The van der Waals surface area contributed by atoms with Gasteiger partial charge in [0.25, 0.3) is 0 Å². The van der Waals surface area contributed by atoms with Crippen LogP contribution in [-0.2, 0) is 19.1 Å². The van der Waals surface area contributed by atoms with Crippen LogP contribution in [0.5, 0.6) is 0 Å². The lowest BCUT2D eigenvalue weighted by Gasteiger charge is -2.16. The molecule has 0 aliphatic rings. The van der Waals surface area contributed by atoms with Gasteiger partial charge in [0.15, 0.2) is 0 Å². The third-order valence-electron chi connectivity index (χ3n) is 2.66. The molecule has 2 N–H and O–H groups in total. The summed E-state index contributed by atoms with van der Waals surface area (Å²) in [6, 6.07) is 0. The fraction of sp³-hybridized carbons (Fsp3) is 0.867. The van der Waals surface area contributed by atoms with Crippen LogP contribution in [-0.4, -0.2) is 76.4 Å². The first-order valence-electron chi connectivity index (χ1n) is 7.97. The number of likely N-dealkylation sites (N-methyl/N-ethyl adjacent to an activating group) is 1. The summed E-state index contributed by atoms with van der Waals surface area (Å²) in [6.45, 7) is 7.88. The van der Waals surface area contributed by atoms with Crippen molar-refractivity contribution in [2.75, 3.05) is 59.7 Å². The van der Waals surface area contributed by atoms with Crippen LogP contribution in [0.1, 0.15) is 26.7 Å². The van der Waals surface area contributed by atoms with Gasteiger partial charge in [-0.1, -0.05) is 13.8 Å². The highest BCUT2D eigenvalue weighted by atomic mass is 16.5. The van der Waals surface area contributed by atoms with Gasteiger partial charge in [-0.05, 0) is 19.9 Å². The van der Waals surface area contributed by atoms with Crippen LogP contribution < -0.4 is 10.6 Å². The predicted molar refractivity (Wildman–Crippen MR) is 85.7 cm³/mol. The molecule has 0 heterocycles. The molecule has 0 saturated heterocycles. The van der Waals surface area contributed by atoms with Crippen LogP contribution in [0.4, 0.5) is 0 Å². The summed E-state index contributed by atoms with van der Waals surface area (Å²) in [4.78, 5) is 25.0. The van der Waals surface area contributed by atoms with Crippen LogP contribution in [0.3, 0.4) is 0 Å². The Morgan fingerprint density at radius 1 is 0.818 bits per heavy atom. The molecule has 0 saturated carbocycles. The highest BCUT2D eigenvalue weighted by molar-refractivity contribution is 5.81. The quantitative estimate of drug-likeness (QED) is 0.441. The molecule has 0 atom stereocenters. The lowest BCUT2D eigenvalue weighted by Crippen LogP contribution is -2.42. The maximum absolute atomic E-state index is 11.6. The Hall–Kier alpha value is -1.18. The normalized spacial score (nSPS) is 10.7. The zero-order chi connectivity index (χ0) is 16.6. The standard InChI is InChI=1S/C15H31N3O4/c1-4-8-21-10-6-16-14(19)12-18(3)13-15(20)17-7-11-22-9-5-2/h4-13H2,1-3H3,(H,16,19)(H,17,20). The van der Waals surface area contributed by atoms with Crippen molar-refractivity contribution >= 4 is 11.8 Å². The zero-order valence-corrected chi connectivity index (χ0v) is 14.2. The second-order valence-corrected chi connectivity index (χ2v) is 5.10. The number of nitrogens with one attached hydrogen (secondary N) is 2. The van der Waals surface area contributed by atoms with Crippen molar-refractivity contribution in [3.63, 3.8) is 0 Å². The largest absolute Gasteiger partial charge is 0.380 e. The van der Waals surface area contributed by atoms with Crippen LogP contribution in [0.2, 0.25) is 0 Å². The molecule has 7 heteroatoms. The van der Waals surface area contributed by atoms with Crippen molar-refractivity contribution in [2.45, 2.75) is 26.7 Å². The molecule has 7 nitrogen and oxygen atoms in total. The predicted octanol–water partition coefficient (Wildman–Crippen LogP) is 0.00380. The van der Waals surface area contributed by atoms with Crippen LogP contribution in [0.25, 0.3) is 0 Å². The maximum atomic E-state index is 11.6. The molecule has 22 heavy (non-hydrogen) atoms. The van der Waals surface area contributed by atoms with E-state index in [9.17, 15) is 9.59 Å². The second kappa shape index (κ2) is 14.7. The number of rotatable bonds is 14. The van der Waals surface area contributed by atoms with Crippen molar-refractivity contribution < 1.29 is 19.1 Å². The average Bonchev–Trinajstić information content (AvgIpc) is 2.46. The summed E-state index contributed by atoms with van der Waals surface area (Å²) >= 11 is 0. The monoisotopic (exact) mass is 317 g/mol. The van der Waals surface area contributed by atoms with Gasteiger partial charge in [0.05, 0.1) is 26.3 Å². The molecule has 0 aliphatic carbocycles. The highest BCUT2D eigenvalue weighted by Gasteiger charge is 2.09. The van der Waals surface area contributed by atoms with Gasteiger partial charge in [-0.2, -0.15) is 0 Å².